The van der Waals surface area contributed by atoms with Crippen molar-refractivity contribution in [2.45, 2.75) is 65.3 Å². The van der Waals surface area contributed by atoms with Gasteiger partial charge in [-0.1, -0.05) is 33.8 Å². The van der Waals surface area contributed by atoms with Gasteiger partial charge >= 0.3 is 5.97 Å². The number of rotatable bonds is 8. The minimum atomic E-state index is -1.95. The largest absolute Gasteiger partial charge is 0.463 e. The van der Waals surface area contributed by atoms with Crippen LogP contribution >= 0.6 is 0 Å². The molecule has 0 amide bonds. The first-order valence-corrected chi connectivity index (χ1v) is 10.4. The van der Waals surface area contributed by atoms with Gasteiger partial charge in [0.2, 0.25) is 0 Å². The second-order valence-corrected chi connectivity index (χ2v) is 11.6. The van der Waals surface area contributed by atoms with Crippen molar-refractivity contribution in [3.63, 3.8) is 0 Å². The Kier molecular flexibility index (Phi) is 8.11. The minimum Gasteiger partial charge on any atom is -0.463 e. The molecule has 0 saturated carbocycles. The summed E-state index contributed by atoms with van der Waals surface area (Å²) in [7, 11) is -1.95. The number of ether oxygens (including phenoxy) is 1. The highest BCUT2D eigenvalue weighted by molar-refractivity contribution is 6.74. The number of hydrogen-bond acceptors (Lipinski definition) is 4. The van der Waals surface area contributed by atoms with E-state index < -0.39 is 8.32 Å². The molecule has 2 atom stereocenters. The summed E-state index contributed by atoms with van der Waals surface area (Å²) in [6, 6.07) is 0. The van der Waals surface area contributed by atoms with Gasteiger partial charge in [0.25, 0.3) is 0 Å². The molecule has 0 unspecified atom stereocenters. The van der Waals surface area contributed by atoms with Gasteiger partial charge in [0.05, 0.1) is 12.7 Å². The van der Waals surface area contributed by atoms with Crippen molar-refractivity contribution in [1.82, 2.24) is 0 Å². The molecule has 0 N–H and O–H groups in total. The summed E-state index contributed by atoms with van der Waals surface area (Å²) in [4.78, 5) is 22.4. The van der Waals surface area contributed by atoms with E-state index in [1.54, 1.807) is 13.0 Å². The Labute approximate surface area is 130 Å². The van der Waals surface area contributed by atoms with Crippen LogP contribution in [0.15, 0.2) is 12.2 Å². The Morgan fingerprint density at radius 1 is 1.29 bits per heavy atom. The summed E-state index contributed by atoms with van der Waals surface area (Å²) >= 11 is 0. The van der Waals surface area contributed by atoms with Crippen LogP contribution in [-0.4, -0.2) is 33.3 Å². The first-order chi connectivity index (χ1) is 9.55. The van der Waals surface area contributed by atoms with E-state index in [9.17, 15) is 9.59 Å². The van der Waals surface area contributed by atoms with E-state index in [1.807, 2.05) is 6.92 Å². The van der Waals surface area contributed by atoms with E-state index >= 15 is 0 Å². The van der Waals surface area contributed by atoms with Crippen molar-refractivity contribution in [2.24, 2.45) is 5.92 Å². The average Bonchev–Trinajstić information content (AvgIpc) is 2.35. The molecule has 0 aliphatic heterocycles. The molecule has 0 heterocycles. The van der Waals surface area contributed by atoms with Crippen LogP contribution in [0.25, 0.3) is 0 Å². The maximum atomic E-state index is 11.3. The van der Waals surface area contributed by atoms with Gasteiger partial charge in [-0.3, -0.25) is 0 Å². The van der Waals surface area contributed by atoms with Crippen LogP contribution in [-0.2, 0) is 18.8 Å². The first kappa shape index (κ1) is 20.1. The molecule has 4 nitrogen and oxygen atoms in total. The molecular weight excluding hydrogens is 284 g/mol. The van der Waals surface area contributed by atoms with E-state index in [-0.39, 0.29) is 23.0 Å². The number of carbonyl (C=O) groups is 2. The van der Waals surface area contributed by atoms with Gasteiger partial charge in [0.1, 0.15) is 6.29 Å². The molecule has 0 aromatic heterocycles. The molecule has 0 rings (SSSR count). The third-order valence-electron chi connectivity index (χ3n) is 3.96. The lowest BCUT2D eigenvalue weighted by Crippen LogP contribution is -2.45. The molecule has 0 aromatic rings. The molecule has 0 spiro atoms. The Balaban J connectivity index is 4.83. The minimum absolute atomic E-state index is 0.0821. The highest BCUT2D eigenvalue weighted by Crippen LogP contribution is 2.38. The second kappa shape index (κ2) is 8.49. The third-order valence-corrected chi connectivity index (χ3v) is 8.47. The fourth-order valence-electron chi connectivity index (χ4n) is 1.50. The van der Waals surface area contributed by atoms with E-state index in [0.29, 0.717) is 13.0 Å². The SMILES string of the molecule is CCOC(=O)/C=C/C[C@H](O[Si](C)(C)C(C)(C)C)[C@H](C)C=O. The molecule has 0 aliphatic carbocycles. The zero-order valence-corrected chi connectivity index (χ0v) is 15.4. The van der Waals surface area contributed by atoms with Crippen molar-refractivity contribution in [3.05, 3.63) is 12.2 Å². The predicted octanol–water partition coefficient (Wildman–Crippen LogP) is 3.72. The van der Waals surface area contributed by atoms with Gasteiger partial charge in [-0.2, -0.15) is 0 Å². The topological polar surface area (TPSA) is 52.6 Å². The summed E-state index contributed by atoms with van der Waals surface area (Å²) in [5.74, 6) is -0.562. The van der Waals surface area contributed by atoms with Crippen molar-refractivity contribution >= 4 is 20.6 Å². The quantitative estimate of drug-likeness (QED) is 0.296. The molecular formula is C16H30O4Si. The Hall–Kier alpha value is -0.943. The van der Waals surface area contributed by atoms with E-state index in [2.05, 4.69) is 33.9 Å². The highest BCUT2D eigenvalue weighted by atomic mass is 28.4. The summed E-state index contributed by atoms with van der Waals surface area (Å²) < 4.78 is 11.1. The van der Waals surface area contributed by atoms with E-state index in [4.69, 9.17) is 9.16 Å². The molecule has 0 fully saturated rings. The van der Waals surface area contributed by atoms with Gasteiger partial charge in [-0.05, 0) is 31.5 Å². The van der Waals surface area contributed by atoms with Crippen LogP contribution in [0.5, 0.6) is 0 Å². The molecule has 0 radical (unpaired) electrons. The standard InChI is InChI=1S/C16H30O4Si/c1-8-19-15(18)11-9-10-14(13(2)12-17)20-21(6,7)16(3,4)5/h9,11-14H,8,10H2,1-7H3/b11-9+/t13-,14+/m1/s1. The van der Waals surface area contributed by atoms with Gasteiger partial charge < -0.3 is 14.0 Å². The van der Waals surface area contributed by atoms with Gasteiger partial charge in [-0.15, -0.1) is 0 Å². The van der Waals surface area contributed by atoms with E-state index in [0.717, 1.165) is 6.29 Å². The van der Waals surface area contributed by atoms with Gasteiger partial charge in [0.15, 0.2) is 8.32 Å². The van der Waals surface area contributed by atoms with Crippen molar-refractivity contribution in [2.75, 3.05) is 6.61 Å². The molecule has 0 saturated heterocycles. The molecule has 0 bridgehead atoms. The van der Waals surface area contributed by atoms with Crippen molar-refractivity contribution in [3.8, 4) is 0 Å². The maximum Gasteiger partial charge on any atom is 0.330 e. The second-order valence-electron chi connectivity index (χ2n) is 6.80. The summed E-state index contributed by atoms with van der Waals surface area (Å²) in [5, 5.41) is 0.0821. The van der Waals surface area contributed by atoms with Crippen LogP contribution in [0, 0.1) is 5.92 Å². The Bertz CT molecular complexity index is 369. The summed E-state index contributed by atoms with van der Waals surface area (Å²) in [6.45, 7) is 14.8. The smallest absolute Gasteiger partial charge is 0.330 e. The molecule has 0 aliphatic rings. The maximum absolute atomic E-state index is 11.3. The molecule has 122 valence electrons. The van der Waals surface area contributed by atoms with Gasteiger partial charge in [0, 0.05) is 12.0 Å². The first-order valence-electron chi connectivity index (χ1n) is 7.51. The van der Waals surface area contributed by atoms with Gasteiger partial charge in [-0.25, -0.2) is 4.79 Å². The lowest BCUT2D eigenvalue weighted by atomic mass is 10.0. The van der Waals surface area contributed by atoms with Crippen molar-refractivity contribution < 1.29 is 18.8 Å². The highest BCUT2D eigenvalue weighted by Gasteiger charge is 2.39. The molecule has 5 heteroatoms. The Morgan fingerprint density at radius 2 is 1.86 bits per heavy atom. The zero-order valence-electron chi connectivity index (χ0n) is 14.4. The third kappa shape index (κ3) is 7.04. The summed E-state index contributed by atoms with van der Waals surface area (Å²) in [5.41, 5.74) is 0. The van der Waals surface area contributed by atoms with Crippen LogP contribution in [0.3, 0.4) is 0 Å². The van der Waals surface area contributed by atoms with E-state index in [1.165, 1.54) is 6.08 Å². The average molecular weight is 314 g/mol. The fourth-order valence-corrected chi connectivity index (χ4v) is 2.92. The van der Waals surface area contributed by atoms with Crippen LogP contribution in [0.2, 0.25) is 18.1 Å². The monoisotopic (exact) mass is 314 g/mol. The number of carbonyl (C=O) groups excluding carboxylic acids is 2. The lowest BCUT2D eigenvalue weighted by Gasteiger charge is -2.40. The number of aldehydes is 1. The van der Waals surface area contributed by atoms with Crippen molar-refractivity contribution in [1.29, 1.82) is 0 Å². The van der Waals surface area contributed by atoms with Crippen LogP contribution in [0.1, 0.15) is 41.0 Å². The zero-order chi connectivity index (χ0) is 16.7. The fraction of sp³-hybridized carbons (Fsp3) is 0.750. The summed E-state index contributed by atoms with van der Waals surface area (Å²) in [6.07, 6.45) is 4.38. The normalized spacial score (nSPS) is 15.8. The van der Waals surface area contributed by atoms with Crippen LogP contribution < -0.4 is 0 Å². The van der Waals surface area contributed by atoms with Crippen LogP contribution in [0.4, 0.5) is 0 Å². The Morgan fingerprint density at radius 3 is 2.29 bits per heavy atom. The predicted molar refractivity (Wildman–Crippen MR) is 87.7 cm³/mol. The molecule has 0 aromatic carbocycles. The number of esters is 1. The molecule has 21 heavy (non-hydrogen) atoms. The lowest BCUT2D eigenvalue weighted by molar-refractivity contribution is -0.137. The number of hydrogen-bond donors (Lipinski definition) is 0.